The minimum Gasteiger partial charge on any atom is -0.481 e. The molecule has 0 aromatic heterocycles. The number of hydrogen-bond acceptors (Lipinski definition) is 7. The van der Waals surface area contributed by atoms with Crippen LogP contribution >= 0.6 is 0 Å². The number of carboxylic acids is 3. The highest BCUT2D eigenvalue weighted by Gasteiger charge is 2.01. The van der Waals surface area contributed by atoms with E-state index in [1.165, 1.54) is 135 Å². The fourth-order valence-electron chi connectivity index (χ4n) is 7.02. The molecule has 0 aromatic carbocycles. The third-order valence-electron chi connectivity index (χ3n) is 11.3. The molecule has 10 heteroatoms. The Morgan fingerprint density at radius 3 is 0.700 bits per heavy atom. The van der Waals surface area contributed by atoms with Crippen LogP contribution in [0.25, 0.3) is 0 Å². The molecule has 10 nitrogen and oxygen atoms in total. The highest BCUT2D eigenvalue weighted by molar-refractivity contribution is 5.67. The summed E-state index contributed by atoms with van der Waals surface area (Å²) in [6.45, 7) is 8.46. The van der Waals surface area contributed by atoms with Gasteiger partial charge in [0.15, 0.2) is 0 Å². The molecule has 0 bridgehead atoms. The Morgan fingerprint density at radius 1 is 0.300 bits per heavy atom. The molecule has 410 valence electrons. The molecule has 0 aliphatic carbocycles. The van der Waals surface area contributed by atoms with Crippen LogP contribution in [0.5, 0.6) is 0 Å². The average Bonchev–Trinajstić information content (AvgIpc) is 3.33. The van der Waals surface area contributed by atoms with Crippen molar-refractivity contribution in [3.05, 3.63) is 72.9 Å². The van der Waals surface area contributed by atoms with Crippen LogP contribution < -0.4 is 0 Å². The zero-order valence-electron chi connectivity index (χ0n) is 45.5. The van der Waals surface area contributed by atoms with Gasteiger partial charge in [-0.15, -0.1) is 0 Å². The van der Waals surface area contributed by atoms with Crippen molar-refractivity contribution in [2.45, 2.75) is 252 Å². The summed E-state index contributed by atoms with van der Waals surface area (Å²) in [5.74, 6) is -2.01. The lowest BCUT2D eigenvalue weighted by Crippen LogP contribution is -2.32. The molecule has 0 fully saturated rings. The van der Waals surface area contributed by atoms with Crippen molar-refractivity contribution in [3.63, 3.8) is 0 Å². The molecular formula is C60H111NO9. The Bertz CT molecular complexity index is 1080. The standard InChI is InChI=1S/3C18H32O2.C6H15NO3/c3*1-2-3-4-5-6-7-8-9-10-11-12-13-14-15-16-17-18(19)20;8-4-1-7(2-5-9)3-6-10/h3*6-7,9-10H,2-5,8,11-17H2,1H3,(H,19,20);8-10H,1-6H2. The zero-order valence-corrected chi connectivity index (χ0v) is 45.5. The molecule has 0 unspecified atom stereocenters. The van der Waals surface area contributed by atoms with Crippen molar-refractivity contribution in [1.29, 1.82) is 0 Å². The van der Waals surface area contributed by atoms with E-state index in [0.29, 0.717) is 38.9 Å². The molecule has 0 aliphatic rings. The Labute approximate surface area is 430 Å². The van der Waals surface area contributed by atoms with Crippen molar-refractivity contribution >= 4 is 17.9 Å². The topological polar surface area (TPSA) is 176 Å². The second kappa shape index (κ2) is 69.9. The Morgan fingerprint density at radius 2 is 0.500 bits per heavy atom. The minimum atomic E-state index is -0.671. The molecular weight excluding hydrogens is 879 g/mol. The summed E-state index contributed by atoms with van der Waals surface area (Å²) in [6.07, 6.45) is 66.8. The van der Waals surface area contributed by atoms with Gasteiger partial charge in [0.2, 0.25) is 0 Å². The van der Waals surface area contributed by atoms with Gasteiger partial charge in [0.25, 0.3) is 0 Å². The van der Waals surface area contributed by atoms with Gasteiger partial charge in [0, 0.05) is 38.9 Å². The second-order valence-electron chi connectivity index (χ2n) is 18.1. The Kier molecular flexibility index (Phi) is 73.2. The van der Waals surface area contributed by atoms with Crippen LogP contribution in [0, 0.1) is 0 Å². The van der Waals surface area contributed by atoms with Gasteiger partial charge in [-0.1, -0.05) is 190 Å². The van der Waals surface area contributed by atoms with E-state index in [-0.39, 0.29) is 19.8 Å². The van der Waals surface area contributed by atoms with Crippen LogP contribution in [0.4, 0.5) is 0 Å². The van der Waals surface area contributed by atoms with Crippen molar-refractivity contribution in [3.8, 4) is 0 Å². The lowest BCUT2D eigenvalue weighted by atomic mass is 10.1. The monoisotopic (exact) mass is 990 g/mol. The summed E-state index contributed by atoms with van der Waals surface area (Å²) in [4.78, 5) is 32.7. The van der Waals surface area contributed by atoms with E-state index in [1.807, 2.05) is 0 Å². The molecule has 0 spiro atoms. The molecule has 70 heavy (non-hydrogen) atoms. The Hall–Kier alpha value is -3.31. The fourth-order valence-corrected chi connectivity index (χ4v) is 7.02. The summed E-state index contributed by atoms with van der Waals surface area (Å²) >= 11 is 0. The number of unbranched alkanes of at least 4 members (excludes halogenated alkanes) is 24. The predicted molar refractivity (Wildman–Crippen MR) is 299 cm³/mol. The van der Waals surface area contributed by atoms with E-state index in [9.17, 15) is 14.4 Å². The maximum absolute atomic E-state index is 10.3. The molecule has 0 heterocycles. The summed E-state index contributed by atoms with van der Waals surface area (Å²) in [7, 11) is 0. The highest BCUT2D eigenvalue weighted by Crippen LogP contribution is 2.11. The first kappa shape index (κ1) is 73.2. The first-order chi connectivity index (χ1) is 34.2. The van der Waals surface area contributed by atoms with E-state index < -0.39 is 17.9 Å². The van der Waals surface area contributed by atoms with E-state index in [4.69, 9.17) is 30.6 Å². The molecule has 0 radical (unpaired) electrons. The number of carbonyl (C=O) groups is 3. The third-order valence-corrected chi connectivity index (χ3v) is 11.3. The van der Waals surface area contributed by atoms with Crippen LogP contribution in [-0.4, -0.2) is 92.9 Å². The SMILES string of the molecule is CCCCCC=CCC=CCCCCCCCC(=O)O.CCCCCC=CCC=CCCCCCCCC(=O)O.CCCCCC=CCC=CCCCCCCCC(=O)O.OCCN(CCO)CCO. The first-order valence-corrected chi connectivity index (χ1v) is 28.3. The number of allylic oxidation sites excluding steroid dienone is 12. The molecule has 0 aliphatic heterocycles. The summed E-state index contributed by atoms with van der Waals surface area (Å²) in [5.41, 5.74) is 0. The first-order valence-electron chi connectivity index (χ1n) is 28.3. The quantitative estimate of drug-likeness (QED) is 0.0254. The molecule has 0 saturated heterocycles. The number of rotatable bonds is 48. The van der Waals surface area contributed by atoms with Crippen molar-refractivity contribution < 1.29 is 45.0 Å². The average molecular weight is 991 g/mol. The zero-order chi connectivity index (χ0) is 52.5. The fraction of sp³-hybridized carbons (Fsp3) is 0.750. The van der Waals surface area contributed by atoms with Gasteiger partial charge in [-0.3, -0.25) is 19.3 Å². The van der Waals surface area contributed by atoms with Crippen LogP contribution in [0.2, 0.25) is 0 Å². The number of carboxylic acid groups (broad SMARTS) is 3. The Balaban J connectivity index is -0.000000426. The smallest absolute Gasteiger partial charge is 0.303 e. The van der Waals surface area contributed by atoms with Gasteiger partial charge in [0.1, 0.15) is 0 Å². The van der Waals surface area contributed by atoms with Gasteiger partial charge < -0.3 is 30.6 Å². The van der Waals surface area contributed by atoms with E-state index in [0.717, 1.165) is 77.0 Å². The largest absolute Gasteiger partial charge is 0.481 e. The number of aliphatic carboxylic acids is 3. The number of aliphatic hydroxyl groups excluding tert-OH is 3. The molecule has 0 rings (SSSR count). The van der Waals surface area contributed by atoms with Gasteiger partial charge in [-0.25, -0.2) is 0 Å². The van der Waals surface area contributed by atoms with Crippen molar-refractivity contribution in [2.24, 2.45) is 0 Å². The van der Waals surface area contributed by atoms with E-state index >= 15 is 0 Å². The van der Waals surface area contributed by atoms with Crippen LogP contribution in [0.3, 0.4) is 0 Å². The van der Waals surface area contributed by atoms with Crippen molar-refractivity contribution in [2.75, 3.05) is 39.5 Å². The van der Waals surface area contributed by atoms with Crippen LogP contribution in [0.1, 0.15) is 252 Å². The predicted octanol–water partition coefficient (Wildman–Crippen LogP) is 15.9. The van der Waals surface area contributed by atoms with Crippen molar-refractivity contribution in [1.82, 2.24) is 4.90 Å². The lowest BCUT2D eigenvalue weighted by Gasteiger charge is -2.17. The van der Waals surface area contributed by atoms with E-state index in [2.05, 4.69) is 93.7 Å². The summed E-state index contributed by atoms with van der Waals surface area (Å²) < 4.78 is 0. The third kappa shape index (κ3) is 81.7. The second-order valence-corrected chi connectivity index (χ2v) is 18.1. The molecule has 0 aromatic rings. The highest BCUT2D eigenvalue weighted by atomic mass is 16.4. The lowest BCUT2D eigenvalue weighted by molar-refractivity contribution is -0.138. The van der Waals surface area contributed by atoms with Gasteiger partial charge >= 0.3 is 17.9 Å². The summed E-state index contributed by atoms with van der Waals surface area (Å²) in [5, 5.41) is 51.0. The molecule has 6 N–H and O–H groups in total. The molecule has 0 atom stereocenters. The van der Waals surface area contributed by atoms with Crippen LogP contribution in [-0.2, 0) is 14.4 Å². The van der Waals surface area contributed by atoms with Crippen LogP contribution in [0.15, 0.2) is 72.9 Å². The van der Waals surface area contributed by atoms with Gasteiger partial charge in [0.05, 0.1) is 19.8 Å². The number of hydrogen-bond donors (Lipinski definition) is 6. The minimum absolute atomic E-state index is 0.0694. The normalized spacial score (nSPS) is 11.5. The van der Waals surface area contributed by atoms with Gasteiger partial charge in [-0.2, -0.15) is 0 Å². The van der Waals surface area contributed by atoms with E-state index in [1.54, 1.807) is 4.90 Å². The molecule has 0 saturated carbocycles. The molecule has 0 amide bonds. The van der Waals surface area contributed by atoms with Gasteiger partial charge in [-0.05, 0) is 116 Å². The number of nitrogens with zero attached hydrogens (tertiary/aromatic N) is 1. The maximum atomic E-state index is 10.3. The number of aliphatic hydroxyl groups is 3. The maximum Gasteiger partial charge on any atom is 0.303 e. The summed E-state index contributed by atoms with van der Waals surface area (Å²) in [6, 6.07) is 0.